The van der Waals surface area contributed by atoms with Gasteiger partial charge in [-0.3, -0.25) is 28.2 Å². The molecule has 0 aliphatic heterocycles. The van der Waals surface area contributed by atoms with Crippen LogP contribution in [0.5, 0.6) is 0 Å². The molecule has 0 amide bonds. The molecule has 3 atom stereocenters. The minimum atomic E-state index is -4.75. The average Bonchev–Trinajstić information content (AvgIpc) is 3.15. The number of allylic oxidation sites excluding steroid dienone is 10. The van der Waals surface area contributed by atoms with Crippen LogP contribution in [-0.4, -0.2) is 65.7 Å². The van der Waals surface area contributed by atoms with Crippen LogP contribution in [0.15, 0.2) is 60.8 Å². The highest BCUT2D eigenvalue weighted by Crippen LogP contribution is 2.43. The van der Waals surface area contributed by atoms with E-state index in [0.717, 1.165) is 89.9 Å². The number of ketones is 1. The van der Waals surface area contributed by atoms with Crippen LogP contribution in [0.2, 0.25) is 0 Å². The number of unbranched alkanes of at least 4 members (excludes halogenated alkanes) is 12. The molecule has 0 saturated carbocycles. The van der Waals surface area contributed by atoms with Crippen LogP contribution in [0.25, 0.3) is 0 Å². The van der Waals surface area contributed by atoms with E-state index in [1.807, 2.05) is 6.08 Å². The molecule has 0 aromatic heterocycles. The Morgan fingerprint density at radius 2 is 1.18 bits per heavy atom. The smallest absolute Gasteiger partial charge is 0.472 e. The van der Waals surface area contributed by atoms with Crippen LogP contribution in [0.1, 0.15) is 149 Å². The van der Waals surface area contributed by atoms with Crippen LogP contribution in [-0.2, 0) is 42.3 Å². The molecule has 13 heteroatoms. The molecule has 0 radical (unpaired) electrons. The zero-order chi connectivity index (χ0) is 40.8. The molecule has 1 unspecified atom stereocenters. The fourth-order valence-corrected chi connectivity index (χ4v) is 5.78. The molecule has 0 aliphatic rings. The number of esters is 2. The van der Waals surface area contributed by atoms with Gasteiger partial charge < -0.3 is 25.2 Å². The van der Waals surface area contributed by atoms with Crippen LogP contribution < -0.4 is 5.73 Å². The summed E-state index contributed by atoms with van der Waals surface area (Å²) in [7, 11) is -4.75. The minimum absolute atomic E-state index is 0.0707. The molecule has 0 saturated heterocycles. The van der Waals surface area contributed by atoms with Gasteiger partial charge in [-0.05, 0) is 70.3 Å². The lowest BCUT2D eigenvalue weighted by molar-refractivity contribution is -0.161. The normalized spacial score (nSPS) is 14.3. The van der Waals surface area contributed by atoms with Crippen LogP contribution in [0.4, 0.5) is 0 Å². The van der Waals surface area contributed by atoms with Crippen molar-refractivity contribution in [1.82, 2.24) is 0 Å². The lowest BCUT2D eigenvalue weighted by Crippen LogP contribution is -2.34. The number of hydrogen-bond donors (Lipinski definition) is 3. The van der Waals surface area contributed by atoms with Crippen molar-refractivity contribution in [3.63, 3.8) is 0 Å². The molecule has 0 fully saturated rings. The van der Waals surface area contributed by atoms with E-state index in [9.17, 15) is 28.6 Å². The molecule has 0 spiro atoms. The predicted molar refractivity (Wildman–Crippen MR) is 217 cm³/mol. The zero-order valence-corrected chi connectivity index (χ0v) is 34.4. The van der Waals surface area contributed by atoms with Crippen molar-refractivity contribution in [2.75, 3.05) is 19.8 Å². The first kappa shape index (κ1) is 51.9. The number of hydrogen-bond acceptors (Lipinski definition) is 10. The van der Waals surface area contributed by atoms with Gasteiger partial charge in [0.25, 0.3) is 0 Å². The minimum Gasteiger partial charge on any atom is -0.480 e. The van der Waals surface area contributed by atoms with Crippen molar-refractivity contribution in [2.24, 2.45) is 5.73 Å². The molecule has 12 nitrogen and oxygen atoms in total. The van der Waals surface area contributed by atoms with E-state index >= 15 is 0 Å². The van der Waals surface area contributed by atoms with Gasteiger partial charge in [0.15, 0.2) is 11.9 Å². The standard InChI is InChI=1S/C42H70NO11P/c1-3-5-7-9-11-12-13-14-15-16-17-18-20-24-28-32-40(45)51-34-38(35-52-55(49,50)53-36-39(43)42(47)48)54-41(46)33-29-25-21-23-27-31-37(44)30-26-22-19-10-8-6-4-2/h5,7,11-12,14-15,19,22,26,30,38-39H,3-4,6,8-10,13,16-18,20-21,23-25,27-29,31-36,43H2,1-2H3,(H,47,48)(H,49,50)/b7-5-,12-11-,15-14-,22-19-,30-26+/t38-,39+/m1/s1. The molecule has 0 aromatic carbocycles. The SMILES string of the molecule is CC/C=C\C/C=C\C/C=C\CCCCCCCC(=O)OC[C@H](COP(=O)(O)OC[C@H](N)C(=O)O)OC(=O)CCCCCCCC(=O)/C=C/C=C\CCCCC. The molecule has 55 heavy (non-hydrogen) atoms. The third-order valence-electron chi connectivity index (χ3n) is 8.23. The second kappa shape index (κ2) is 36.5. The first-order valence-electron chi connectivity index (χ1n) is 20.3. The van der Waals surface area contributed by atoms with Crippen molar-refractivity contribution in [2.45, 2.75) is 161 Å². The molecule has 0 aliphatic carbocycles. The Balaban J connectivity index is 4.53. The monoisotopic (exact) mass is 795 g/mol. The summed E-state index contributed by atoms with van der Waals surface area (Å²) in [6, 6.07) is -1.55. The summed E-state index contributed by atoms with van der Waals surface area (Å²) in [4.78, 5) is 57.9. The number of carboxylic acids is 1. The average molecular weight is 796 g/mol. The van der Waals surface area contributed by atoms with Gasteiger partial charge in [-0.2, -0.15) is 0 Å². The summed E-state index contributed by atoms with van der Waals surface area (Å²) in [5.74, 6) is -2.43. The number of phosphoric ester groups is 1. The maximum Gasteiger partial charge on any atom is 0.472 e. The Morgan fingerprint density at radius 1 is 0.636 bits per heavy atom. The third-order valence-corrected chi connectivity index (χ3v) is 9.18. The summed E-state index contributed by atoms with van der Waals surface area (Å²) in [5, 5.41) is 8.87. The van der Waals surface area contributed by atoms with Gasteiger partial charge in [0.05, 0.1) is 13.2 Å². The van der Waals surface area contributed by atoms with Gasteiger partial charge >= 0.3 is 25.7 Å². The molecule has 0 heterocycles. The number of nitrogens with two attached hydrogens (primary N) is 1. The first-order valence-corrected chi connectivity index (χ1v) is 21.8. The van der Waals surface area contributed by atoms with Crippen LogP contribution in [0, 0.1) is 0 Å². The summed E-state index contributed by atoms with van der Waals surface area (Å²) in [5.41, 5.74) is 5.31. The molecular formula is C42H70NO11P. The quantitative estimate of drug-likeness (QED) is 0.0135. The maximum atomic E-state index is 12.6. The van der Waals surface area contributed by atoms with Crippen LogP contribution >= 0.6 is 7.82 Å². The number of phosphoric acid groups is 1. The van der Waals surface area contributed by atoms with E-state index in [-0.39, 0.29) is 18.6 Å². The number of aliphatic carboxylic acids is 1. The largest absolute Gasteiger partial charge is 0.480 e. The summed E-state index contributed by atoms with van der Waals surface area (Å²) < 4.78 is 32.5. The molecular weight excluding hydrogens is 725 g/mol. The first-order chi connectivity index (χ1) is 26.5. The molecule has 0 bridgehead atoms. The zero-order valence-electron chi connectivity index (χ0n) is 33.5. The summed E-state index contributed by atoms with van der Waals surface area (Å²) in [6.07, 6.45) is 36.8. The van der Waals surface area contributed by atoms with Gasteiger partial charge in [-0.1, -0.05) is 120 Å². The van der Waals surface area contributed by atoms with E-state index in [1.54, 1.807) is 12.2 Å². The third kappa shape index (κ3) is 36.3. The lowest BCUT2D eigenvalue weighted by Gasteiger charge is -2.20. The molecule has 4 N–H and O–H groups in total. The Labute approximate surface area is 330 Å². The number of ether oxygens (including phenoxy) is 2. The highest BCUT2D eigenvalue weighted by molar-refractivity contribution is 7.47. The number of carbonyl (C=O) groups excluding carboxylic acids is 3. The molecule has 0 aromatic rings. The van der Waals surface area contributed by atoms with E-state index < -0.39 is 57.7 Å². The van der Waals surface area contributed by atoms with Gasteiger partial charge in [0.1, 0.15) is 12.6 Å². The highest BCUT2D eigenvalue weighted by atomic mass is 31.2. The Kier molecular flexibility index (Phi) is 34.4. The van der Waals surface area contributed by atoms with Crippen molar-refractivity contribution >= 4 is 31.5 Å². The molecule has 314 valence electrons. The van der Waals surface area contributed by atoms with Gasteiger partial charge in [0.2, 0.25) is 0 Å². The second-order valence-electron chi connectivity index (χ2n) is 13.4. The highest BCUT2D eigenvalue weighted by Gasteiger charge is 2.28. The number of rotatable bonds is 37. The van der Waals surface area contributed by atoms with Crippen molar-refractivity contribution in [1.29, 1.82) is 0 Å². The topological polar surface area (TPSA) is 189 Å². The van der Waals surface area contributed by atoms with E-state index in [1.165, 1.54) is 12.8 Å². The van der Waals surface area contributed by atoms with Crippen molar-refractivity contribution in [3.05, 3.63) is 60.8 Å². The van der Waals surface area contributed by atoms with E-state index in [2.05, 4.69) is 60.9 Å². The van der Waals surface area contributed by atoms with Gasteiger partial charge in [-0.15, -0.1) is 0 Å². The Hall–Kier alpha value is -3.15. The van der Waals surface area contributed by atoms with E-state index in [4.69, 9.17) is 24.8 Å². The van der Waals surface area contributed by atoms with Gasteiger partial charge in [0, 0.05) is 19.3 Å². The Morgan fingerprint density at radius 3 is 1.84 bits per heavy atom. The predicted octanol–water partition coefficient (Wildman–Crippen LogP) is 9.57. The number of carboxylic acid groups (broad SMARTS) is 1. The molecule has 0 rings (SSSR count). The summed E-state index contributed by atoms with van der Waals surface area (Å²) in [6.45, 7) is 2.47. The summed E-state index contributed by atoms with van der Waals surface area (Å²) >= 11 is 0. The van der Waals surface area contributed by atoms with Gasteiger partial charge in [-0.25, -0.2) is 4.57 Å². The number of carbonyl (C=O) groups is 4. The fourth-order valence-electron chi connectivity index (χ4n) is 5.00. The lowest BCUT2D eigenvalue weighted by atomic mass is 10.1. The fraction of sp³-hybridized carbons (Fsp3) is 0.667. The van der Waals surface area contributed by atoms with Crippen molar-refractivity contribution in [3.8, 4) is 0 Å². The van der Waals surface area contributed by atoms with E-state index in [0.29, 0.717) is 19.3 Å². The second-order valence-corrected chi connectivity index (χ2v) is 14.9. The van der Waals surface area contributed by atoms with Crippen LogP contribution in [0.3, 0.4) is 0 Å². The Bertz CT molecular complexity index is 1230. The maximum absolute atomic E-state index is 12.6. The van der Waals surface area contributed by atoms with Crippen molar-refractivity contribution < 1.29 is 52.3 Å².